The third kappa shape index (κ3) is 1.97. The topological polar surface area (TPSA) is 32.3 Å². The Hall–Kier alpha value is -0.570. The molecule has 1 rings (SSSR count). The minimum absolute atomic E-state index is 0.294. The van der Waals surface area contributed by atoms with Crippen LogP contribution >= 0.6 is 0 Å². The summed E-state index contributed by atoms with van der Waals surface area (Å²) in [5.41, 5.74) is 0. The quantitative estimate of drug-likeness (QED) is 0.661. The number of carbonyl (C=O) groups is 1. The van der Waals surface area contributed by atoms with Gasteiger partial charge in [-0.25, -0.2) is 0 Å². The Kier molecular flexibility index (Phi) is 3.09. The molecule has 0 saturated carbocycles. The largest absolute Gasteiger partial charge is 0.345 e. The molecule has 1 aliphatic rings. The fourth-order valence-corrected chi connectivity index (χ4v) is 1.77. The summed E-state index contributed by atoms with van der Waals surface area (Å²) in [6, 6.07) is 0. The van der Waals surface area contributed by atoms with E-state index in [2.05, 4.69) is 12.2 Å². The lowest BCUT2D eigenvalue weighted by Crippen LogP contribution is -2.25. The third-order valence-electron chi connectivity index (χ3n) is 2.70. The Balaban J connectivity index is 2.40. The molecule has 1 heterocycles. The lowest BCUT2D eigenvalue weighted by molar-refractivity contribution is -0.126. The summed E-state index contributed by atoms with van der Waals surface area (Å²) in [6.45, 7) is 4.14. The number of nitrogens with one attached hydrogen (secondary N) is 1. The Morgan fingerprint density at radius 1 is 1.75 bits per heavy atom. The monoisotopic (exact) mass is 170 g/mol. The van der Waals surface area contributed by atoms with Crippen molar-refractivity contribution in [2.45, 2.75) is 13.3 Å². The first-order chi connectivity index (χ1) is 5.65. The predicted molar refractivity (Wildman–Crippen MR) is 48.8 cm³/mol. The first-order valence-corrected chi connectivity index (χ1v) is 4.53. The number of nitrogens with zero attached hydrogens (tertiary/aromatic N) is 1. The maximum absolute atomic E-state index is 11.2. The van der Waals surface area contributed by atoms with Gasteiger partial charge in [0.1, 0.15) is 0 Å². The molecule has 1 fully saturated rings. The normalized spacial score (nSPS) is 26.4. The highest BCUT2D eigenvalue weighted by molar-refractivity contribution is 5.78. The summed E-state index contributed by atoms with van der Waals surface area (Å²) in [4.78, 5) is 13.0. The van der Waals surface area contributed by atoms with Gasteiger partial charge in [0.15, 0.2) is 0 Å². The maximum Gasteiger partial charge on any atom is 0.222 e. The molecule has 1 aliphatic heterocycles. The number of rotatable bonds is 3. The molecular formula is C9H18N2O. The van der Waals surface area contributed by atoms with Crippen molar-refractivity contribution in [1.82, 2.24) is 10.2 Å². The molecule has 1 N–H and O–H groups in total. The van der Waals surface area contributed by atoms with Crippen molar-refractivity contribution in [2.24, 2.45) is 11.8 Å². The van der Waals surface area contributed by atoms with Gasteiger partial charge in [-0.15, -0.1) is 0 Å². The van der Waals surface area contributed by atoms with Crippen molar-refractivity contribution < 1.29 is 4.79 Å². The number of hydrogen-bond acceptors (Lipinski definition) is 2. The van der Waals surface area contributed by atoms with Crippen LogP contribution in [-0.4, -0.2) is 38.0 Å². The third-order valence-corrected chi connectivity index (χ3v) is 2.70. The van der Waals surface area contributed by atoms with Gasteiger partial charge in [0, 0.05) is 20.0 Å². The fourth-order valence-electron chi connectivity index (χ4n) is 1.77. The van der Waals surface area contributed by atoms with E-state index in [0.29, 0.717) is 17.7 Å². The second-order valence-electron chi connectivity index (χ2n) is 3.77. The molecule has 2 atom stereocenters. The maximum atomic E-state index is 11.2. The standard InChI is InChI=1S/C9H18N2O/c1-7(5-10-2)8-4-9(12)11(3)6-8/h7-8,10H,4-6H2,1-3H3. The van der Waals surface area contributed by atoms with E-state index in [1.54, 1.807) is 0 Å². The van der Waals surface area contributed by atoms with Crippen LogP contribution in [0.3, 0.4) is 0 Å². The summed E-state index contributed by atoms with van der Waals surface area (Å²) in [7, 11) is 3.84. The average molecular weight is 170 g/mol. The molecule has 3 heteroatoms. The van der Waals surface area contributed by atoms with E-state index >= 15 is 0 Å². The second-order valence-corrected chi connectivity index (χ2v) is 3.77. The van der Waals surface area contributed by atoms with E-state index in [1.165, 1.54) is 0 Å². The van der Waals surface area contributed by atoms with Crippen LogP contribution in [0.5, 0.6) is 0 Å². The highest BCUT2D eigenvalue weighted by atomic mass is 16.2. The lowest BCUT2D eigenvalue weighted by atomic mass is 9.93. The molecule has 3 nitrogen and oxygen atoms in total. The molecule has 1 saturated heterocycles. The molecule has 0 bridgehead atoms. The molecule has 0 aliphatic carbocycles. The van der Waals surface area contributed by atoms with Gasteiger partial charge in [-0.1, -0.05) is 6.92 Å². The van der Waals surface area contributed by atoms with E-state index in [1.807, 2.05) is 19.0 Å². The van der Waals surface area contributed by atoms with Crippen LogP contribution in [0.1, 0.15) is 13.3 Å². The molecule has 0 aromatic carbocycles. The van der Waals surface area contributed by atoms with Gasteiger partial charge in [0.05, 0.1) is 0 Å². The summed E-state index contributed by atoms with van der Waals surface area (Å²) >= 11 is 0. The van der Waals surface area contributed by atoms with Gasteiger partial charge in [-0.05, 0) is 25.4 Å². The first kappa shape index (κ1) is 9.52. The SMILES string of the molecule is CNCC(C)C1CC(=O)N(C)C1. The second kappa shape index (κ2) is 3.90. The Labute approximate surface area is 74.1 Å². The van der Waals surface area contributed by atoms with Crippen molar-refractivity contribution in [3.05, 3.63) is 0 Å². The van der Waals surface area contributed by atoms with Crippen molar-refractivity contribution in [3.63, 3.8) is 0 Å². The average Bonchev–Trinajstić information content (AvgIpc) is 2.33. The molecular weight excluding hydrogens is 152 g/mol. The van der Waals surface area contributed by atoms with Crippen LogP contribution in [0.4, 0.5) is 0 Å². The minimum Gasteiger partial charge on any atom is -0.345 e. The molecule has 12 heavy (non-hydrogen) atoms. The summed E-state index contributed by atoms with van der Waals surface area (Å²) in [6.07, 6.45) is 0.735. The van der Waals surface area contributed by atoms with Crippen LogP contribution in [-0.2, 0) is 4.79 Å². The molecule has 0 spiro atoms. The van der Waals surface area contributed by atoms with Crippen molar-refractivity contribution >= 4 is 5.91 Å². The van der Waals surface area contributed by atoms with Crippen LogP contribution in [0.2, 0.25) is 0 Å². The Morgan fingerprint density at radius 2 is 2.42 bits per heavy atom. The zero-order valence-electron chi connectivity index (χ0n) is 8.13. The van der Waals surface area contributed by atoms with Crippen molar-refractivity contribution in [1.29, 1.82) is 0 Å². The summed E-state index contributed by atoms with van der Waals surface area (Å²) in [5.74, 6) is 1.45. The molecule has 1 amide bonds. The van der Waals surface area contributed by atoms with E-state index in [4.69, 9.17) is 0 Å². The first-order valence-electron chi connectivity index (χ1n) is 4.53. The van der Waals surface area contributed by atoms with Crippen molar-refractivity contribution in [2.75, 3.05) is 27.2 Å². The predicted octanol–water partition coefficient (Wildman–Crippen LogP) is 0.320. The number of likely N-dealkylation sites (tertiary alicyclic amines) is 1. The number of amides is 1. The lowest BCUT2D eigenvalue weighted by Gasteiger charge is -2.17. The van der Waals surface area contributed by atoms with Gasteiger partial charge in [-0.3, -0.25) is 4.79 Å². The van der Waals surface area contributed by atoms with Crippen LogP contribution in [0.25, 0.3) is 0 Å². The molecule has 70 valence electrons. The molecule has 0 aromatic rings. The molecule has 0 aromatic heterocycles. The van der Waals surface area contributed by atoms with Gasteiger partial charge in [0.25, 0.3) is 0 Å². The van der Waals surface area contributed by atoms with Gasteiger partial charge < -0.3 is 10.2 Å². The van der Waals surface area contributed by atoms with E-state index in [0.717, 1.165) is 19.5 Å². The summed E-state index contributed by atoms with van der Waals surface area (Å²) < 4.78 is 0. The number of carbonyl (C=O) groups excluding carboxylic acids is 1. The van der Waals surface area contributed by atoms with E-state index in [9.17, 15) is 4.79 Å². The zero-order valence-corrected chi connectivity index (χ0v) is 8.13. The Bertz CT molecular complexity index is 170. The molecule has 0 radical (unpaired) electrons. The van der Waals surface area contributed by atoms with Gasteiger partial charge in [-0.2, -0.15) is 0 Å². The van der Waals surface area contributed by atoms with Crippen molar-refractivity contribution in [3.8, 4) is 0 Å². The van der Waals surface area contributed by atoms with Crippen LogP contribution in [0.15, 0.2) is 0 Å². The van der Waals surface area contributed by atoms with E-state index < -0.39 is 0 Å². The highest BCUT2D eigenvalue weighted by Crippen LogP contribution is 2.23. The minimum atomic E-state index is 0.294. The summed E-state index contributed by atoms with van der Waals surface area (Å²) in [5, 5.41) is 3.14. The smallest absolute Gasteiger partial charge is 0.222 e. The van der Waals surface area contributed by atoms with Gasteiger partial charge in [0.2, 0.25) is 5.91 Å². The van der Waals surface area contributed by atoms with Gasteiger partial charge >= 0.3 is 0 Å². The molecule has 2 unspecified atom stereocenters. The fraction of sp³-hybridized carbons (Fsp3) is 0.889. The Morgan fingerprint density at radius 3 is 2.83 bits per heavy atom. The zero-order chi connectivity index (χ0) is 9.14. The van der Waals surface area contributed by atoms with Crippen LogP contribution < -0.4 is 5.32 Å². The van der Waals surface area contributed by atoms with E-state index in [-0.39, 0.29) is 0 Å². The van der Waals surface area contributed by atoms with Crippen LogP contribution in [0, 0.1) is 11.8 Å². The number of hydrogen-bond donors (Lipinski definition) is 1. The highest BCUT2D eigenvalue weighted by Gasteiger charge is 2.30.